The zero-order valence-corrected chi connectivity index (χ0v) is 6.67. The van der Waals surface area contributed by atoms with Crippen LogP contribution in [0.4, 0.5) is 4.79 Å². The van der Waals surface area contributed by atoms with Crippen LogP contribution >= 0.6 is 0 Å². The van der Waals surface area contributed by atoms with Gasteiger partial charge >= 0.3 is 16.8 Å². The van der Waals surface area contributed by atoms with Gasteiger partial charge in [0.05, 0.1) is 0 Å². The molecule has 0 fully saturated rings. The number of hydrogen-bond donors (Lipinski definition) is 0. The van der Waals surface area contributed by atoms with Gasteiger partial charge in [0.2, 0.25) is 11.5 Å². The summed E-state index contributed by atoms with van der Waals surface area (Å²) in [6, 6.07) is 6.77. The van der Waals surface area contributed by atoms with Gasteiger partial charge in [-0.2, -0.15) is 0 Å². The SMILES string of the molecule is O=C([O-])[S+]1Oc2ccccc2O1. The maximum atomic E-state index is 10.3. The first-order chi connectivity index (χ1) is 5.77. The van der Waals surface area contributed by atoms with Crippen molar-refractivity contribution in [3.8, 4) is 11.5 Å². The van der Waals surface area contributed by atoms with Gasteiger partial charge in [-0.1, -0.05) is 12.1 Å². The molecule has 0 N–H and O–H groups in total. The van der Waals surface area contributed by atoms with E-state index in [1.165, 1.54) is 0 Å². The molecule has 0 atom stereocenters. The molecule has 0 amide bonds. The number of carbonyl (C=O) groups is 1. The van der Waals surface area contributed by atoms with E-state index in [1.807, 2.05) is 0 Å². The van der Waals surface area contributed by atoms with Gasteiger partial charge in [0.15, 0.2) is 0 Å². The van der Waals surface area contributed by atoms with Gasteiger partial charge < -0.3 is 9.90 Å². The second-order valence-electron chi connectivity index (χ2n) is 2.10. The van der Waals surface area contributed by atoms with Crippen molar-refractivity contribution in [3.63, 3.8) is 0 Å². The Morgan fingerprint density at radius 3 is 2.17 bits per heavy atom. The largest absolute Gasteiger partial charge is 0.498 e. The third kappa shape index (κ3) is 1.08. The van der Waals surface area contributed by atoms with Crippen molar-refractivity contribution in [1.82, 2.24) is 0 Å². The van der Waals surface area contributed by atoms with Crippen LogP contribution in [0.1, 0.15) is 0 Å². The molecule has 62 valence electrons. The number of carbonyl (C=O) groups excluding carboxylic acids is 1. The van der Waals surface area contributed by atoms with Gasteiger partial charge in [-0.3, -0.25) is 0 Å². The molecule has 0 unspecified atom stereocenters. The molecule has 0 radical (unpaired) electrons. The summed E-state index contributed by atoms with van der Waals surface area (Å²) in [4.78, 5) is 10.3. The number of carboxylic acid groups (broad SMARTS) is 1. The molecule has 5 heteroatoms. The number of benzene rings is 1. The fourth-order valence-electron chi connectivity index (χ4n) is 0.836. The average Bonchev–Trinajstić information content (AvgIpc) is 2.46. The Kier molecular flexibility index (Phi) is 1.58. The summed E-state index contributed by atoms with van der Waals surface area (Å²) in [7, 11) is 0. The summed E-state index contributed by atoms with van der Waals surface area (Å²) in [5.41, 5.74) is 0. The summed E-state index contributed by atoms with van der Waals surface area (Å²) in [5.74, 6) is 0.898. The van der Waals surface area contributed by atoms with Crippen LogP contribution in [0.5, 0.6) is 11.5 Å². The lowest BCUT2D eigenvalue weighted by molar-refractivity contribution is -0.234. The molecule has 12 heavy (non-hydrogen) atoms. The lowest BCUT2D eigenvalue weighted by atomic mass is 10.3. The number of hydrogen-bond acceptors (Lipinski definition) is 4. The van der Waals surface area contributed by atoms with E-state index in [0.717, 1.165) is 0 Å². The second kappa shape index (κ2) is 2.60. The summed E-state index contributed by atoms with van der Waals surface area (Å²) in [6.45, 7) is 0. The Balaban J connectivity index is 2.27. The minimum Gasteiger partial charge on any atom is -0.498 e. The highest BCUT2D eigenvalue weighted by atomic mass is 32.2. The van der Waals surface area contributed by atoms with E-state index < -0.39 is 16.8 Å². The molecule has 0 saturated heterocycles. The van der Waals surface area contributed by atoms with Crippen LogP contribution in [0.3, 0.4) is 0 Å². The molecule has 0 bridgehead atoms. The van der Waals surface area contributed by atoms with Crippen LogP contribution in [0.15, 0.2) is 24.3 Å². The average molecular weight is 184 g/mol. The van der Waals surface area contributed by atoms with Crippen LogP contribution in [0.25, 0.3) is 0 Å². The maximum absolute atomic E-state index is 10.3. The van der Waals surface area contributed by atoms with Gasteiger partial charge in [-0.25, -0.2) is 8.37 Å². The second-order valence-corrected chi connectivity index (χ2v) is 3.23. The van der Waals surface area contributed by atoms with E-state index in [1.54, 1.807) is 24.3 Å². The van der Waals surface area contributed by atoms with Gasteiger partial charge in [0.1, 0.15) is 0 Å². The fourth-order valence-corrected chi connectivity index (χ4v) is 1.61. The van der Waals surface area contributed by atoms with E-state index in [0.29, 0.717) is 11.5 Å². The first-order valence-corrected chi connectivity index (χ1v) is 4.26. The molecule has 2 rings (SSSR count). The first kappa shape index (κ1) is 7.30. The fraction of sp³-hybridized carbons (Fsp3) is 0. The van der Waals surface area contributed by atoms with Crippen molar-refractivity contribution in [2.24, 2.45) is 0 Å². The number of rotatable bonds is 0. The van der Waals surface area contributed by atoms with Crippen LogP contribution in [0.2, 0.25) is 0 Å². The Morgan fingerprint density at radius 1 is 1.25 bits per heavy atom. The summed E-state index contributed by atoms with van der Waals surface area (Å²) in [6.07, 6.45) is 0. The van der Waals surface area contributed by atoms with Gasteiger partial charge in [0.25, 0.3) is 0 Å². The molecule has 1 heterocycles. The molecular weight excluding hydrogens is 180 g/mol. The van der Waals surface area contributed by atoms with Gasteiger partial charge in [0, 0.05) is 0 Å². The van der Waals surface area contributed by atoms with E-state index >= 15 is 0 Å². The molecule has 1 aliphatic rings. The molecule has 1 aliphatic heterocycles. The molecule has 0 spiro atoms. The zero-order valence-electron chi connectivity index (χ0n) is 5.85. The molecule has 1 aromatic carbocycles. The smallest absolute Gasteiger partial charge is 0.476 e. The highest BCUT2D eigenvalue weighted by molar-refractivity contribution is 8.03. The number of fused-ring (bicyclic) bond motifs is 1. The van der Waals surface area contributed by atoms with E-state index in [2.05, 4.69) is 0 Å². The minimum atomic E-state index is -1.57. The lowest BCUT2D eigenvalue weighted by Crippen LogP contribution is -2.34. The lowest BCUT2D eigenvalue weighted by Gasteiger charge is -1.90. The van der Waals surface area contributed by atoms with E-state index in [-0.39, 0.29) is 0 Å². The zero-order chi connectivity index (χ0) is 8.55. The van der Waals surface area contributed by atoms with Crippen molar-refractivity contribution in [3.05, 3.63) is 24.3 Å². The van der Waals surface area contributed by atoms with E-state index in [9.17, 15) is 9.90 Å². The summed E-state index contributed by atoms with van der Waals surface area (Å²) in [5, 5.41) is 8.98. The minimum absolute atomic E-state index is 0.449. The van der Waals surface area contributed by atoms with Crippen LogP contribution in [-0.2, 0) is 11.5 Å². The van der Waals surface area contributed by atoms with E-state index in [4.69, 9.17) is 8.37 Å². The van der Waals surface area contributed by atoms with Crippen LogP contribution in [-0.4, -0.2) is 5.30 Å². The van der Waals surface area contributed by atoms with Crippen molar-refractivity contribution in [2.75, 3.05) is 0 Å². The van der Waals surface area contributed by atoms with Crippen LogP contribution in [0, 0.1) is 0 Å². The first-order valence-electron chi connectivity index (χ1n) is 3.18. The maximum Gasteiger partial charge on any atom is 0.476 e. The van der Waals surface area contributed by atoms with Crippen molar-refractivity contribution < 1.29 is 18.3 Å². The monoisotopic (exact) mass is 184 g/mol. The Hall–Kier alpha value is -1.36. The van der Waals surface area contributed by atoms with Crippen molar-refractivity contribution >= 4 is 16.8 Å². The topological polar surface area (TPSA) is 58.6 Å². The van der Waals surface area contributed by atoms with Crippen molar-refractivity contribution in [2.45, 2.75) is 0 Å². The highest BCUT2D eigenvalue weighted by Crippen LogP contribution is 2.35. The predicted molar refractivity (Wildman–Crippen MR) is 40.5 cm³/mol. The summed E-state index contributed by atoms with van der Waals surface area (Å²) >= 11 is -1.57. The summed E-state index contributed by atoms with van der Waals surface area (Å²) < 4.78 is 9.82. The highest BCUT2D eigenvalue weighted by Gasteiger charge is 2.39. The quantitative estimate of drug-likeness (QED) is 0.542. The van der Waals surface area contributed by atoms with Gasteiger partial charge in [-0.05, 0) is 12.1 Å². The third-order valence-electron chi connectivity index (χ3n) is 1.32. The predicted octanol–water partition coefficient (Wildman–Crippen LogP) is 0.249. The molecular formula is C7H4O4S. The third-order valence-corrected chi connectivity index (χ3v) is 2.25. The Bertz CT molecular complexity index is 300. The molecule has 1 aromatic rings. The normalized spacial score (nSPS) is 14.7. The van der Waals surface area contributed by atoms with Gasteiger partial charge in [-0.15, -0.1) is 0 Å². The molecule has 4 nitrogen and oxygen atoms in total. The molecule has 0 aromatic heterocycles. The number of para-hydroxylation sites is 2. The van der Waals surface area contributed by atoms with Crippen molar-refractivity contribution in [1.29, 1.82) is 0 Å². The standard InChI is InChI=1S/C7H4O4S/c8-7(9)12-10-5-3-1-2-4-6(5)11-12/h1-4H. The molecule has 0 saturated carbocycles. The Labute approximate surface area is 71.5 Å². The van der Waals surface area contributed by atoms with Crippen LogP contribution < -0.4 is 13.5 Å². The Morgan fingerprint density at radius 2 is 1.75 bits per heavy atom. The molecule has 0 aliphatic carbocycles.